The molecule has 21 heavy (non-hydrogen) atoms. The smallest absolute Gasteiger partial charge is 0.134 e. The van der Waals surface area contributed by atoms with Crippen LogP contribution >= 0.6 is 0 Å². The molecular formula is C18H26N2O. The molecule has 114 valence electrons. The first-order valence-corrected chi connectivity index (χ1v) is 8.06. The number of fused-ring (bicyclic) bond motifs is 1. The van der Waals surface area contributed by atoms with Crippen LogP contribution in [0.1, 0.15) is 38.5 Å². The van der Waals surface area contributed by atoms with Crippen LogP contribution in [0, 0.1) is 5.92 Å². The summed E-state index contributed by atoms with van der Waals surface area (Å²) < 4.78 is 5.97. The molecule has 3 unspecified atom stereocenters. The third-order valence-corrected chi connectivity index (χ3v) is 4.75. The Morgan fingerprint density at radius 2 is 2.10 bits per heavy atom. The van der Waals surface area contributed by atoms with E-state index in [1.807, 2.05) is 12.1 Å². The molecule has 3 nitrogen and oxygen atoms in total. The topological polar surface area (TPSA) is 28.4 Å². The minimum Gasteiger partial charge on any atom is -0.459 e. The van der Waals surface area contributed by atoms with Crippen molar-refractivity contribution in [3.05, 3.63) is 36.1 Å². The van der Waals surface area contributed by atoms with E-state index in [1.54, 1.807) is 0 Å². The molecule has 0 amide bonds. The van der Waals surface area contributed by atoms with Crippen molar-refractivity contribution >= 4 is 11.0 Å². The van der Waals surface area contributed by atoms with E-state index >= 15 is 0 Å². The molecule has 2 heterocycles. The Morgan fingerprint density at radius 3 is 2.86 bits per heavy atom. The summed E-state index contributed by atoms with van der Waals surface area (Å²) in [5.74, 6) is 1.77. The molecule has 3 heteroatoms. The summed E-state index contributed by atoms with van der Waals surface area (Å²) in [6.45, 7) is 6.94. The summed E-state index contributed by atoms with van der Waals surface area (Å²) in [5.41, 5.74) is 0.978. The van der Waals surface area contributed by atoms with Crippen molar-refractivity contribution in [1.29, 1.82) is 0 Å². The first-order chi connectivity index (χ1) is 10.1. The van der Waals surface area contributed by atoms with Crippen LogP contribution in [-0.4, -0.2) is 31.1 Å². The Hall–Kier alpha value is -1.32. The summed E-state index contributed by atoms with van der Waals surface area (Å²) in [6.07, 6.45) is 2.64. The molecule has 1 aliphatic heterocycles. The lowest BCUT2D eigenvalue weighted by Crippen LogP contribution is -2.43. The van der Waals surface area contributed by atoms with E-state index in [0.29, 0.717) is 6.04 Å². The van der Waals surface area contributed by atoms with E-state index in [2.05, 4.69) is 49.3 Å². The standard InChI is InChI=1S/C18H26N2O/c1-13(16-8-6-10-20(3)12-16)19-14(2)18-11-15-7-4-5-9-17(15)21-18/h4-5,7,9,11,13-14,16,19H,6,8,10,12H2,1-3H3. The van der Waals surface area contributed by atoms with Gasteiger partial charge in [-0.1, -0.05) is 18.2 Å². The van der Waals surface area contributed by atoms with Crippen LogP contribution in [-0.2, 0) is 0 Å². The highest BCUT2D eigenvalue weighted by atomic mass is 16.3. The molecule has 0 spiro atoms. The van der Waals surface area contributed by atoms with Crippen molar-refractivity contribution < 1.29 is 4.42 Å². The summed E-state index contributed by atoms with van der Waals surface area (Å²) in [7, 11) is 2.22. The normalized spacial score (nSPS) is 23.3. The van der Waals surface area contributed by atoms with Gasteiger partial charge in [0.25, 0.3) is 0 Å². The largest absolute Gasteiger partial charge is 0.459 e. The van der Waals surface area contributed by atoms with E-state index in [0.717, 1.165) is 17.3 Å². The Labute approximate surface area is 127 Å². The van der Waals surface area contributed by atoms with Crippen molar-refractivity contribution in [1.82, 2.24) is 10.2 Å². The molecule has 1 saturated heterocycles. The average molecular weight is 286 g/mol. The van der Waals surface area contributed by atoms with E-state index in [1.165, 1.54) is 31.3 Å². The van der Waals surface area contributed by atoms with E-state index in [9.17, 15) is 0 Å². The van der Waals surface area contributed by atoms with Crippen LogP contribution in [0.5, 0.6) is 0 Å². The Morgan fingerprint density at radius 1 is 1.29 bits per heavy atom. The number of likely N-dealkylation sites (tertiary alicyclic amines) is 1. The highest BCUT2D eigenvalue weighted by Gasteiger charge is 2.24. The molecule has 1 aromatic heterocycles. The fraction of sp³-hybridized carbons (Fsp3) is 0.556. The van der Waals surface area contributed by atoms with Gasteiger partial charge in [-0.3, -0.25) is 0 Å². The second kappa shape index (κ2) is 6.20. The molecule has 0 saturated carbocycles. The van der Waals surface area contributed by atoms with Gasteiger partial charge in [0.1, 0.15) is 11.3 Å². The number of hydrogen-bond donors (Lipinski definition) is 1. The predicted octanol–water partition coefficient (Wildman–Crippen LogP) is 3.81. The van der Waals surface area contributed by atoms with Crippen LogP contribution in [0.3, 0.4) is 0 Å². The van der Waals surface area contributed by atoms with Gasteiger partial charge in [-0.25, -0.2) is 0 Å². The number of rotatable bonds is 4. The van der Waals surface area contributed by atoms with Gasteiger partial charge in [-0.2, -0.15) is 0 Å². The average Bonchev–Trinajstić information content (AvgIpc) is 2.91. The number of nitrogens with one attached hydrogen (secondary N) is 1. The number of piperidine rings is 1. The zero-order chi connectivity index (χ0) is 14.8. The quantitative estimate of drug-likeness (QED) is 0.926. The number of nitrogens with zero attached hydrogens (tertiary/aromatic N) is 1. The monoisotopic (exact) mass is 286 g/mol. The van der Waals surface area contributed by atoms with Crippen molar-refractivity contribution in [3.8, 4) is 0 Å². The minimum atomic E-state index is 0.250. The maximum atomic E-state index is 5.97. The molecule has 1 N–H and O–H groups in total. The van der Waals surface area contributed by atoms with Gasteiger partial charge < -0.3 is 14.6 Å². The molecule has 0 radical (unpaired) electrons. The minimum absolute atomic E-state index is 0.250. The van der Waals surface area contributed by atoms with Crippen molar-refractivity contribution in [3.63, 3.8) is 0 Å². The number of hydrogen-bond acceptors (Lipinski definition) is 3. The van der Waals surface area contributed by atoms with Crippen LogP contribution in [0.25, 0.3) is 11.0 Å². The maximum absolute atomic E-state index is 5.97. The SMILES string of the molecule is CC(NC(C)C1CCCN(C)C1)c1cc2ccccc2o1. The zero-order valence-electron chi connectivity index (χ0n) is 13.3. The van der Waals surface area contributed by atoms with Crippen LogP contribution in [0.2, 0.25) is 0 Å². The number of furan rings is 1. The molecule has 3 rings (SSSR count). The molecule has 0 bridgehead atoms. The van der Waals surface area contributed by atoms with Crippen LogP contribution in [0.4, 0.5) is 0 Å². The van der Waals surface area contributed by atoms with Crippen molar-refractivity contribution in [2.45, 2.75) is 38.8 Å². The molecule has 2 aromatic rings. The first kappa shape index (κ1) is 14.6. The van der Waals surface area contributed by atoms with Crippen molar-refractivity contribution in [2.75, 3.05) is 20.1 Å². The lowest BCUT2D eigenvalue weighted by atomic mass is 9.91. The lowest BCUT2D eigenvalue weighted by Gasteiger charge is -2.35. The van der Waals surface area contributed by atoms with E-state index < -0.39 is 0 Å². The highest BCUT2D eigenvalue weighted by Crippen LogP contribution is 2.25. The van der Waals surface area contributed by atoms with Gasteiger partial charge in [-0.05, 0) is 58.3 Å². The van der Waals surface area contributed by atoms with Crippen LogP contribution < -0.4 is 5.32 Å². The Bertz CT molecular complexity index is 559. The summed E-state index contributed by atoms with van der Waals surface area (Å²) in [5, 5.41) is 4.91. The molecule has 3 atom stereocenters. The third kappa shape index (κ3) is 3.30. The van der Waals surface area contributed by atoms with Crippen molar-refractivity contribution in [2.24, 2.45) is 5.92 Å². The van der Waals surface area contributed by atoms with Gasteiger partial charge in [-0.15, -0.1) is 0 Å². The van der Waals surface area contributed by atoms with Gasteiger partial charge in [0, 0.05) is 18.0 Å². The second-order valence-corrected chi connectivity index (χ2v) is 6.53. The summed E-state index contributed by atoms with van der Waals surface area (Å²) in [6, 6.07) is 11.1. The Balaban J connectivity index is 1.66. The molecular weight excluding hydrogens is 260 g/mol. The van der Waals surface area contributed by atoms with Gasteiger partial charge in [0.15, 0.2) is 0 Å². The third-order valence-electron chi connectivity index (χ3n) is 4.75. The first-order valence-electron chi connectivity index (χ1n) is 8.06. The van der Waals surface area contributed by atoms with Gasteiger partial charge in [0.2, 0.25) is 0 Å². The summed E-state index contributed by atoms with van der Waals surface area (Å²) >= 11 is 0. The highest BCUT2D eigenvalue weighted by molar-refractivity contribution is 5.77. The molecule has 0 aliphatic carbocycles. The zero-order valence-corrected chi connectivity index (χ0v) is 13.3. The van der Waals surface area contributed by atoms with Gasteiger partial charge >= 0.3 is 0 Å². The molecule has 1 aliphatic rings. The summed E-state index contributed by atoms with van der Waals surface area (Å²) in [4.78, 5) is 2.44. The predicted molar refractivity (Wildman–Crippen MR) is 87.4 cm³/mol. The van der Waals surface area contributed by atoms with E-state index in [-0.39, 0.29) is 6.04 Å². The van der Waals surface area contributed by atoms with Crippen LogP contribution in [0.15, 0.2) is 34.7 Å². The fourth-order valence-electron chi connectivity index (χ4n) is 3.44. The second-order valence-electron chi connectivity index (χ2n) is 6.53. The maximum Gasteiger partial charge on any atom is 0.134 e. The van der Waals surface area contributed by atoms with Gasteiger partial charge in [0.05, 0.1) is 6.04 Å². The fourth-order valence-corrected chi connectivity index (χ4v) is 3.44. The number of para-hydroxylation sites is 1. The lowest BCUT2D eigenvalue weighted by molar-refractivity contribution is 0.172. The molecule has 1 fully saturated rings. The Kier molecular flexibility index (Phi) is 4.32. The number of benzene rings is 1. The van der Waals surface area contributed by atoms with E-state index in [4.69, 9.17) is 4.42 Å². The molecule has 1 aromatic carbocycles.